The second-order valence-corrected chi connectivity index (χ2v) is 2.53. The summed E-state index contributed by atoms with van der Waals surface area (Å²) in [6, 6.07) is 8.58. The van der Waals surface area contributed by atoms with Crippen molar-refractivity contribution in [2.45, 2.75) is 19.2 Å². The van der Waals surface area contributed by atoms with Crippen molar-refractivity contribution in [1.29, 1.82) is 0 Å². The molecule has 0 heterocycles. The number of aliphatic carboxylic acids is 1. The van der Waals surface area contributed by atoms with Gasteiger partial charge >= 0.3 is 5.97 Å². The molecular weight excluding hydrogens is 153 g/mol. The number of benzene rings is 1. The van der Waals surface area contributed by atoms with Crippen LogP contribution in [0, 0.1) is 0 Å². The van der Waals surface area contributed by atoms with Gasteiger partial charge in [0.2, 0.25) is 0 Å². The third kappa shape index (κ3) is 2.38. The van der Waals surface area contributed by atoms with E-state index < -0.39 is 18.3 Å². The van der Waals surface area contributed by atoms with Gasteiger partial charge in [0.25, 0.3) is 0 Å². The van der Waals surface area contributed by atoms with Gasteiger partial charge in [-0.3, -0.25) is 4.79 Å². The van der Waals surface area contributed by atoms with E-state index in [1.165, 1.54) is 6.92 Å². The molecule has 0 spiro atoms. The van der Waals surface area contributed by atoms with Crippen LogP contribution in [-0.4, -0.2) is 11.1 Å². The number of hydrogen-bond acceptors (Lipinski definition) is 1. The lowest BCUT2D eigenvalue weighted by Gasteiger charge is -2.07. The van der Waals surface area contributed by atoms with E-state index in [2.05, 4.69) is 0 Å². The minimum Gasteiger partial charge on any atom is -0.481 e. The quantitative estimate of drug-likeness (QED) is 0.701. The largest absolute Gasteiger partial charge is 0.481 e. The minimum absolute atomic E-state index is 0.544. The summed E-state index contributed by atoms with van der Waals surface area (Å²) in [5, 5.41) is 8.67. The zero-order valence-electron chi connectivity index (χ0n) is 8.82. The van der Waals surface area contributed by atoms with E-state index in [1.807, 2.05) is 0 Å². The summed E-state index contributed by atoms with van der Waals surface area (Å²) in [6.07, 6.45) is -1.47. The van der Waals surface area contributed by atoms with E-state index in [1.54, 1.807) is 30.3 Å². The highest BCUT2D eigenvalue weighted by Crippen LogP contribution is 2.17. The maximum absolute atomic E-state index is 10.6. The van der Waals surface area contributed by atoms with Gasteiger partial charge in [-0.25, -0.2) is 0 Å². The molecule has 2 atom stereocenters. The Bertz CT molecular complexity index is 322. The summed E-state index contributed by atoms with van der Waals surface area (Å²) >= 11 is 0. The lowest BCUT2D eigenvalue weighted by Crippen LogP contribution is -2.02. The zero-order chi connectivity index (χ0) is 10.8. The molecule has 0 bridgehead atoms. The summed E-state index contributed by atoms with van der Waals surface area (Å²) in [5.41, 5.74) is 0.544. The van der Waals surface area contributed by atoms with Gasteiger partial charge < -0.3 is 5.11 Å². The summed E-state index contributed by atoms with van der Waals surface area (Å²) in [4.78, 5) is 10.6. The standard InChI is InChI=1S/C10H12O2/c1-8(7-10(11)12)9-5-3-2-4-6-9/h2-6,8H,7H2,1H3,(H,11,12)/t8-/m1/s1/i7D,8+1D/t7-,8-. The van der Waals surface area contributed by atoms with Crippen LogP contribution in [0.1, 0.15) is 27.5 Å². The van der Waals surface area contributed by atoms with Crippen LogP contribution in [0.25, 0.3) is 0 Å². The van der Waals surface area contributed by atoms with Crippen molar-refractivity contribution in [3.63, 3.8) is 0 Å². The first kappa shape index (κ1) is 6.23. The van der Waals surface area contributed by atoms with Crippen molar-refractivity contribution in [2.75, 3.05) is 0 Å². The molecule has 0 aliphatic carbocycles. The molecule has 0 saturated heterocycles. The molecule has 64 valence electrons. The summed E-state index contributed by atoms with van der Waals surface area (Å²) in [5.74, 6) is -2.68. The summed E-state index contributed by atoms with van der Waals surface area (Å²) in [7, 11) is 0. The molecule has 0 aliphatic rings. The highest BCUT2D eigenvalue weighted by atomic mass is 16.4. The predicted molar refractivity (Wildman–Crippen MR) is 47.1 cm³/mol. The Balaban J connectivity index is 3.02. The molecule has 2 heteroatoms. The zero-order valence-corrected chi connectivity index (χ0v) is 6.82. The maximum atomic E-state index is 10.6. The molecule has 0 unspecified atom stereocenters. The van der Waals surface area contributed by atoms with Crippen LogP contribution in [-0.2, 0) is 4.79 Å². The van der Waals surface area contributed by atoms with E-state index in [4.69, 9.17) is 7.85 Å². The fourth-order valence-corrected chi connectivity index (χ4v) is 0.970. The van der Waals surface area contributed by atoms with Crippen molar-refractivity contribution in [2.24, 2.45) is 0 Å². The van der Waals surface area contributed by atoms with E-state index >= 15 is 0 Å². The molecule has 1 N–H and O–H groups in total. The third-order valence-corrected chi connectivity index (χ3v) is 1.57. The van der Waals surface area contributed by atoms with Crippen LogP contribution >= 0.6 is 0 Å². The van der Waals surface area contributed by atoms with Gasteiger partial charge in [0.1, 0.15) is 0 Å². The van der Waals surface area contributed by atoms with Crippen LogP contribution in [0.15, 0.2) is 30.3 Å². The Labute approximate surface area is 74.7 Å². The first-order valence-electron chi connectivity index (χ1n) is 4.74. The SMILES string of the molecule is [2H][C@@H](C(=O)O)[13C@@]([2H])(C)c1ccccc1. The number of carboxylic acid groups (broad SMARTS) is 1. The van der Waals surface area contributed by atoms with Gasteiger partial charge in [0.15, 0.2) is 0 Å². The van der Waals surface area contributed by atoms with E-state index in [9.17, 15) is 4.79 Å². The van der Waals surface area contributed by atoms with Crippen LogP contribution in [0.4, 0.5) is 0 Å². The Morgan fingerprint density at radius 3 is 2.75 bits per heavy atom. The molecule has 0 fully saturated rings. The Kier molecular flexibility index (Phi) is 2.03. The lowest BCUT2D eigenvalue weighted by molar-refractivity contribution is -0.137. The van der Waals surface area contributed by atoms with Gasteiger partial charge in [0, 0.05) is 2.74 Å². The third-order valence-electron chi connectivity index (χ3n) is 1.57. The molecule has 0 amide bonds. The Morgan fingerprint density at radius 1 is 1.67 bits per heavy atom. The maximum Gasteiger partial charge on any atom is 0.303 e. The molecule has 0 radical (unpaired) electrons. The molecule has 12 heavy (non-hydrogen) atoms. The number of carboxylic acids is 1. The van der Waals surface area contributed by atoms with E-state index in [0.29, 0.717) is 5.56 Å². The Hall–Kier alpha value is -1.31. The number of rotatable bonds is 3. The first-order valence-corrected chi connectivity index (χ1v) is 3.67. The fourth-order valence-electron chi connectivity index (χ4n) is 0.970. The van der Waals surface area contributed by atoms with Gasteiger partial charge in [-0.1, -0.05) is 37.3 Å². The van der Waals surface area contributed by atoms with Crippen LogP contribution in [0.5, 0.6) is 0 Å². The molecule has 1 aromatic carbocycles. The van der Waals surface area contributed by atoms with Crippen LogP contribution < -0.4 is 0 Å². The lowest BCUT2D eigenvalue weighted by atomic mass is 10.2. The summed E-state index contributed by atoms with van der Waals surface area (Å²) < 4.78 is 15.2. The number of hydrogen-bond donors (Lipinski definition) is 1. The average molecular weight is 167 g/mol. The topological polar surface area (TPSA) is 37.3 Å². The molecule has 1 rings (SSSR count). The van der Waals surface area contributed by atoms with Crippen molar-refractivity contribution in [3.8, 4) is 0 Å². The van der Waals surface area contributed by atoms with Gasteiger partial charge in [-0.2, -0.15) is 0 Å². The average Bonchev–Trinajstić information content (AvgIpc) is 2.18. The van der Waals surface area contributed by atoms with Crippen molar-refractivity contribution in [1.82, 2.24) is 0 Å². The minimum atomic E-state index is -1.47. The molecular formula is C10H12O2. The highest BCUT2D eigenvalue weighted by molar-refractivity contribution is 5.67. The summed E-state index contributed by atoms with van der Waals surface area (Å²) in [6.45, 7) is 1.44. The number of carbonyl (C=O) groups is 1. The monoisotopic (exact) mass is 167 g/mol. The van der Waals surface area contributed by atoms with Crippen molar-refractivity contribution in [3.05, 3.63) is 35.9 Å². The van der Waals surface area contributed by atoms with Crippen LogP contribution in [0.3, 0.4) is 0 Å². The molecule has 0 saturated carbocycles. The highest BCUT2D eigenvalue weighted by Gasteiger charge is 2.08. The van der Waals surface area contributed by atoms with E-state index in [0.717, 1.165) is 0 Å². The first-order chi connectivity index (χ1) is 6.46. The van der Waals surface area contributed by atoms with Crippen molar-refractivity contribution >= 4 is 5.97 Å². The fraction of sp³-hybridized carbons (Fsp3) is 0.300. The van der Waals surface area contributed by atoms with Crippen molar-refractivity contribution < 1.29 is 12.6 Å². The Morgan fingerprint density at radius 2 is 2.25 bits per heavy atom. The van der Waals surface area contributed by atoms with Crippen LogP contribution in [0.2, 0.25) is 0 Å². The second-order valence-electron chi connectivity index (χ2n) is 2.53. The van der Waals surface area contributed by atoms with Gasteiger partial charge in [-0.05, 0) is 11.5 Å². The van der Waals surface area contributed by atoms with Gasteiger partial charge in [-0.15, -0.1) is 0 Å². The van der Waals surface area contributed by atoms with E-state index in [-0.39, 0.29) is 0 Å². The second kappa shape index (κ2) is 3.90. The molecule has 2 nitrogen and oxygen atoms in total. The smallest absolute Gasteiger partial charge is 0.303 e. The molecule has 0 aromatic heterocycles. The normalized spacial score (nSPS) is 20.1. The van der Waals surface area contributed by atoms with Gasteiger partial charge in [0.05, 0.1) is 6.40 Å². The molecule has 1 aromatic rings. The molecule has 0 aliphatic heterocycles. The predicted octanol–water partition coefficient (Wildman–Crippen LogP) is 2.26.